The minimum atomic E-state index is -0.177. The maximum Gasteiger partial charge on any atom is 0.229 e. The molecule has 1 aliphatic rings. The Hall–Kier alpha value is -3.36. The first-order valence-electron chi connectivity index (χ1n) is 8.35. The van der Waals surface area contributed by atoms with Gasteiger partial charge in [-0.15, -0.1) is 5.10 Å². The molecule has 4 rings (SSSR count). The third-order valence-electron chi connectivity index (χ3n) is 4.20. The molecule has 2 amide bonds. The van der Waals surface area contributed by atoms with Crippen molar-refractivity contribution in [3.63, 3.8) is 0 Å². The number of carbonyl (C=O) groups excluding carboxylic acids is 2. The van der Waals surface area contributed by atoms with Gasteiger partial charge in [0.2, 0.25) is 17.8 Å². The Balaban J connectivity index is 1.52. The van der Waals surface area contributed by atoms with E-state index in [1.165, 1.54) is 4.90 Å². The van der Waals surface area contributed by atoms with E-state index in [-0.39, 0.29) is 37.2 Å². The number of imide groups is 1. The molecular weight excluding hydrogens is 334 g/mol. The van der Waals surface area contributed by atoms with E-state index in [1.807, 2.05) is 31.2 Å². The highest BCUT2D eigenvalue weighted by atomic mass is 16.2. The molecule has 0 radical (unpaired) electrons. The van der Waals surface area contributed by atoms with Crippen LogP contribution in [0.2, 0.25) is 0 Å². The average molecular weight is 351 g/mol. The van der Waals surface area contributed by atoms with E-state index in [4.69, 9.17) is 0 Å². The summed E-state index contributed by atoms with van der Waals surface area (Å²) in [5.41, 5.74) is 1.62. The van der Waals surface area contributed by atoms with Crippen LogP contribution in [0.5, 0.6) is 0 Å². The van der Waals surface area contributed by atoms with Crippen molar-refractivity contribution in [2.75, 3.05) is 11.9 Å². The minimum Gasteiger partial charge on any atom is -0.350 e. The zero-order valence-electron chi connectivity index (χ0n) is 14.2. The smallest absolute Gasteiger partial charge is 0.229 e. The summed E-state index contributed by atoms with van der Waals surface area (Å²) >= 11 is 0. The maximum absolute atomic E-state index is 11.7. The van der Waals surface area contributed by atoms with Gasteiger partial charge in [0.1, 0.15) is 5.52 Å². The van der Waals surface area contributed by atoms with Crippen LogP contribution in [0.15, 0.2) is 36.5 Å². The first-order valence-corrected chi connectivity index (χ1v) is 8.35. The van der Waals surface area contributed by atoms with Gasteiger partial charge in [0, 0.05) is 37.7 Å². The van der Waals surface area contributed by atoms with E-state index in [0.717, 1.165) is 11.0 Å². The van der Waals surface area contributed by atoms with Crippen LogP contribution in [-0.4, -0.2) is 54.3 Å². The number of nitrogens with one attached hydrogen (secondary N) is 1. The second kappa shape index (κ2) is 6.51. The largest absolute Gasteiger partial charge is 0.350 e. The number of carbonyl (C=O) groups is 2. The van der Waals surface area contributed by atoms with Gasteiger partial charge in [0.25, 0.3) is 0 Å². The highest BCUT2D eigenvalue weighted by Gasteiger charge is 2.29. The molecule has 0 saturated carbocycles. The van der Waals surface area contributed by atoms with Crippen molar-refractivity contribution in [2.45, 2.75) is 25.8 Å². The predicted octanol–water partition coefficient (Wildman–Crippen LogP) is 1.16. The van der Waals surface area contributed by atoms with E-state index >= 15 is 0 Å². The molecule has 0 aliphatic carbocycles. The molecular formula is C17H17N7O2. The summed E-state index contributed by atoms with van der Waals surface area (Å²) in [5, 5.41) is 11.4. The first-order chi connectivity index (χ1) is 12.6. The summed E-state index contributed by atoms with van der Waals surface area (Å²) in [5.74, 6) is 0.713. The van der Waals surface area contributed by atoms with E-state index in [1.54, 1.807) is 16.9 Å². The van der Waals surface area contributed by atoms with Gasteiger partial charge in [-0.1, -0.05) is 17.3 Å². The minimum absolute atomic E-state index is 0.132. The molecule has 2 aromatic heterocycles. The predicted molar refractivity (Wildman–Crippen MR) is 93.5 cm³/mol. The van der Waals surface area contributed by atoms with E-state index in [0.29, 0.717) is 11.8 Å². The molecule has 3 aromatic rings. The van der Waals surface area contributed by atoms with Gasteiger partial charge in [0.15, 0.2) is 5.82 Å². The number of rotatable bonds is 5. The van der Waals surface area contributed by atoms with Crippen molar-refractivity contribution in [1.29, 1.82) is 0 Å². The summed E-state index contributed by atoms with van der Waals surface area (Å²) in [7, 11) is 0. The lowest BCUT2D eigenvalue weighted by Gasteiger charge is -2.20. The van der Waals surface area contributed by atoms with Crippen molar-refractivity contribution in [1.82, 2.24) is 29.9 Å². The Morgan fingerprint density at radius 2 is 1.92 bits per heavy atom. The van der Waals surface area contributed by atoms with Crippen LogP contribution in [-0.2, 0) is 9.59 Å². The van der Waals surface area contributed by atoms with Crippen LogP contribution in [0.4, 0.5) is 5.95 Å². The first kappa shape index (κ1) is 16.1. The van der Waals surface area contributed by atoms with Crippen LogP contribution in [0, 0.1) is 0 Å². The topological polar surface area (TPSA) is 106 Å². The van der Waals surface area contributed by atoms with E-state index < -0.39 is 0 Å². The molecule has 1 saturated heterocycles. The van der Waals surface area contributed by atoms with Crippen LogP contribution >= 0.6 is 0 Å². The van der Waals surface area contributed by atoms with Crippen molar-refractivity contribution in [3.05, 3.63) is 36.5 Å². The molecule has 1 aromatic carbocycles. The average Bonchev–Trinajstić information content (AvgIpc) is 3.20. The molecule has 9 nitrogen and oxygen atoms in total. The number of anilines is 1. The Morgan fingerprint density at radius 3 is 2.73 bits per heavy atom. The zero-order chi connectivity index (χ0) is 18.1. The second-order valence-electron chi connectivity index (χ2n) is 6.17. The lowest BCUT2D eigenvalue weighted by Crippen LogP contribution is -2.38. The number of amides is 2. The van der Waals surface area contributed by atoms with Crippen molar-refractivity contribution in [3.8, 4) is 5.82 Å². The SMILES string of the molecule is C[C@@H](CN1C(=O)CCC1=O)Nc1nccc(-n2nnc3ccccc32)n1. The summed E-state index contributed by atoms with van der Waals surface area (Å²) in [4.78, 5) is 33.4. The molecule has 1 fully saturated rings. The van der Waals surface area contributed by atoms with Gasteiger partial charge in [-0.25, -0.2) is 4.98 Å². The highest BCUT2D eigenvalue weighted by Crippen LogP contribution is 2.16. The van der Waals surface area contributed by atoms with Gasteiger partial charge in [-0.05, 0) is 19.1 Å². The lowest BCUT2D eigenvalue weighted by molar-refractivity contribution is -0.138. The third kappa shape index (κ3) is 2.99. The number of nitrogens with zero attached hydrogens (tertiary/aromatic N) is 6. The second-order valence-corrected chi connectivity index (χ2v) is 6.17. The van der Waals surface area contributed by atoms with Gasteiger partial charge in [-0.3, -0.25) is 14.5 Å². The van der Waals surface area contributed by atoms with Crippen LogP contribution < -0.4 is 5.32 Å². The van der Waals surface area contributed by atoms with Gasteiger partial charge in [-0.2, -0.15) is 9.67 Å². The van der Waals surface area contributed by atoms with Crippen molar-refractivity contribution < 1.29 is 9.59 Å². The standard InChI is InChI=1S/C17H17N7O2/c1-11(10-23-15(25)6-7-16(23)26)19-17-18-9-8-14(20-17)24-13-5-3-2-4-12(13)21-22-24/h2-5,8-9,11H,6-7,10H2,1H3,(H,18,19,20)/t11-/m0/s1. The number of benzene rings is 1. The zero-order valence-corrected chi connectivity index (χ0v) is 14.2. The third-order valence-corrected chi connectivity index (χ3v) is 4.20. The van der Waals surface area contributed by atoms with Gasteiger partial charge < -0.3 is 5.32 Å². The fraction of sp³-hybridized carbons (Fsp3) is 0.294. The van der Waals surface area contributed by atoms with Crippen LogP contribution in [0.1, 0.15) is 19.8 Å². The number of aromatic nitrogens is 5. The number of hydrogen-bond acceptors (Lipinski definition) is 7. The highest BCUT2D eigenvalue weighted by molar-refractivity contribution is 6.01. The Kier molecular flexibility index (Phi) is 4.04. The number of likely N-dealkylation sites (tertiary alicyclic amines) is 1. The fourth-order valence-electron chi connectivity index (χ4n) is 2.94. The molecule has 9 heteroatoms. The van der Waals surface area contributed by atoms with E-state index in [2.05, 4.69) is 25.6 Å². The Bertz CT molecular complexity index is 968. The molecule has 0 unspecified atom stereocenters. The molecule has 26 heavy (non-hydrogen) atoms. The van der Waals surface area contributed by atoms with Crippen LogP contribution in [0.25, 0.3) is 16.9 Å². The maximum atomic E-state index is 11.7. The molecule has 0 bridgehead atoms. The van der Waals surface area contributed by atoms with Crippen molar-refractivity contribution in [2.24, 2.45) is 0 Å². The molecule has 1 N–H and O–H groups in total. The Morgan fingerprint density at radius 1 is 1.15 bits per heavy atom. The summed E-state index contributed by atoms with van der Waals surface area (Å²) < 4.78 is 1.64. The van der Waals surface area contributed by atoms with Crippen LogP contribution in [0.3, 0.4) is 0 Å². The fourth-order valence-corrected chi connectivity index (χ4v) is 2.94. The molecule has 1 aliphatic heterocycles. The summed E-state index contributed by atoms with van der Waals surface area (Å²) in [6.45, 7) is 2.16. The summed E-state index contributed by atoms with van der Waals surface area (Å²) in [6.07, 6.45) is 2.20. The number of hydrogen-bond donors (Lipinski definition) is 1. The monoisotopic (exact) mass is 351 g/mol. The molecule has 132 valence electrons. The van der Waals surface area contributed by atoms with Gasteiger partial charge >= 0.3 is 0 Å². The summed E-state index contributed by atoms with van der Waals surface area (Å²) in [6, 6.07) is 9.17. The van der Waals surface area contributed by atoms with Crippen molar-refractivity contribution >= 4 is 28.8 Å². The number of para-hydroxylation sites is 1. The van der Waals surface area contributed by atoms with Gasteiger partial charge in [0.05, 0.1) is 5.52 Å². The molecule has 3 heterocycles. The molecule has 0 spiro atoms. The molecule has 1 atom stereocenters. The quantitative estimate of drug-likeness (QED) is 0.688. The van der Waals surface area contributed by atoms with E-state index in [9.17, 15) is 9.59 Å². The number of fused-ring (bicyclic) bond motifs is 1. The Labute approximate surface area is 149 Å². The normalized spacial score (nSPS) is 15.7. The lowest BCUT2D eigenvalue weighted by atomic mass is 10.3.